The van der Waals surface area contributed by atoms with Crippen LogP contribution < -0.4 is 5.32 Å². The number of benzene rings is 1. The Balaban J connectivity index is 1.51. The van der Waals surface area contributed by atoms with Gasteiger partial charge in [0, 0.05) is 17.4 Å². The minimum absolute atomic E-state index is 0.117. The third kappa shape index (κ3) is 5.14. The van der Waals surface area contributed by atoms with Gasteiger partial charge in [-0.3, -0.25) is 9.89 Å². The molecule has 0 saturated heterocycles. The minimum Gasteiger partial charge on any atom is -0.301 e. The Morgan fingerprint density at radius 1 is 1.28 bits per heavy atom. The van der Waals surface area contributed by atoms with Gasteiger partial charge in [-0.25, -0.2) is 9.97 Å². The first-order valence-electron chi connectivity index (χ1n) is 7.95. The summed E-state index contributed by atoms with van der Waals surface area (Å²) in [6.45, 7) is 4.25. The first kappa shape index (κ1) is 17.6. The Kier molecular flexibility index (Phi) is 5.83. The number of hydrogen-bond donors (Lipinski definition) is 2. The summed E-state index contributed by atoms with van der Waals surface area (Å²) in [5.74, 6) is 1.50. The third-order valence-corrected chi connectivity index (χ3v) is 4.87. The van der Waals surface area contributed by atoms with Crippen molar-refractivity contribution in [2.45, 2.75) is 25.4 Å². The number of aromatic nitrogens is 4. The molecule has 0 radical (unpaired) electrons. The molecule has 25 heavy (non-hydrogen) atoms. The van der Waals surface area contributed by atoms with E-state index in [2.05, 4.69) is 39.3 Å². The molecule has 3 aromatic rings. The smallest absolute Gasteiger partial charge is 0.236 e. The molecule has 0 bridgehead atoms. The summed E-state index contributed by atoms with van der Waals surface area (Å²) in [5.41, 5.74) is 1.90. The fourth-order valence-corrected chi connectivity index (χ4v) is 3.53. The van der Waals surface area contributed by atoms with E-state index in [1.165, 1.54) is 23.1 Å². The van der Waals surface area contributed by atoms with E-state index >= 15 is 0 Å². The maximum Gasteiger partial charge on any atom is 0.236 e. The molecule has 1 aromatic carbocycles. The van der Waals surface area contributed by atoms with E-state index in [0.717, 1.165) is 23.5 Å². The third-order valence-electron chi connectivity index (χ3n) is 3.27. The maximum atomic E-state index is 12.1. The summed E-state index contributed by atoms with van der Waals surface area (Å²) in [6.07, 6.45) is 0.848. The van der Waals surface area contributed by atoms with Gasteiger partial charge in [0.1, 0.15) is 5.82 Å². The lowest BCUT2D eigenvalue weighted by Crippen LogP contribution is -2.13. The highest BCUT2D eigenvalue weighted by molar-refractivity contribution is 7.99. The molecule has 0 unspecified atom stereocenters. The Morgan fingerprint density at radius 3 is 2.84 bits per heavy atom. The maximum absolute atomic E-state index is 12.1. The normalized spacial score (nSPS) is 11.0. The van der Waals surface area contributed by atoms with Gasteiger partial charge in [0.25, 0.3) is 0 Å². The summed E-state index contributed by atoms with van der Waals surface area (Å²) in [5, 5.41) is 13.0. The predicted octanol–water partition coefficient (Wildman–Crippen LogP) is 3.86. The molecule has 0 spiro atoms. The van der Waals surface area contributed by atoms with Crippen LogP contribution in [0.3, 0.4) is 0 Å². The van der Waals surface area contributed by atoms with Crippen LogP contribution in [0, 0.1) is 5.92 Å². The molecular weight excluding hydrogens is 354 g/mol. The zero-order valence-electron chi connectivity index (χ0n) is 14.0. The van der Waals surface area contributed by atoms with Crippen molar-refractivity contribution in [2.75, 3.05) is 11.1 Å². The van der Waals surface area contributed by atoms with Crippen LogP contribution in [0.1, 0.15) is 19.7 Å². The van der Waals surface area contributed by atoms with Gasteiger partial charge in [0.15, 0.2) is 5.13 Å². The standard InChI is InChI=1S/C17H19N5OS2/c1-11(2)8-14-19-17(22-21-14)25-10-15(23)20-16-18-13(9-24-16)12-6-4-3-5-7-12/h3-7,9,11H,8,10H2,1-2H3,(H,18,20,23)(H,19,21,22). The molecule has 1 amide bonds. The molecule has 2 aromatic heterocycles. The van der Waals surface area contributed by atoms with Crippen LogP contribution in [-0.2, 0) is 11.2 Å². The molecule has 130 valence electrons. The molecule has 0 aliphatic carbocycles. The largest absolute Gasteiger partial charge is 0.301 e. The van der Waals surface area contributed by atoms with Crippen LogP contribution in [-0.4, -0.2) is 31.8 Å². The predicted molar refractivity (Wildman–Crippen MR) is 102 cm³/mol. The van der Waals surface area contributed by atoms with Gasteiger partial charge >= 0.3 is 0 Å². The van der Waals surface area contributed by atoms with Crippen molar-refractivity contribution >= 4 is 34.1 Å². The van der Waals surface area contributed by atoms with Crippen LogP contribution in [0.5, 0.6) is 0 Å². The Labute approximate surface area is 154 Å². The number of thioether (sulfide) groups is 1. The first-order chi connectivity index (χ1) is 12.1. The number of carbonyl (C=O) groups excluding carboxylic acids is 1. The van der Waals surface area contributed by atoms with Crippen LogP contribution in [0.25, 0.3) is 11.3 Å². The summed E-state index contributed by atoms with van der Waals surface area (Å²) < 4.78 is 0. The van der Waals surface area contributed by atoms with Crippen molar-refractivity contribution in [3.63, 3.8) is 0 Å². The number of nitrogens with one attached hydrogen (secondary N) is 2. The number of carbonyl (C=O) groups is 1. The van der Waals surface area contributed by atoms with Gasteiger partial charge < -0.3 is 5.32 Å². The van der Waals surface area contributed by atoms with Crippen LogP contribution in [0.4, 0.5) is 5.13 Å². The van der Waals surface area contributed by atoms with E-state index in [1.54, 1.807) is 0 Å². The van der Waals surface area contributed by atoms with Crippen molar-refractivity contribution in [1.29, 1.82) is 0 Å². The average molecular weight is 374 g/mol. The van der Waals surface area contributed by atoms with E-state index < -0.39 is 0 Å². The SMILES string of the molecule is CC(C)Cc1nc(SCC(=O)Nc2nc(-c3ccccc3)cs2)n[nH]1. The molecule has 8 heteroatoms. The molecule has 0 aliphatic rings. The summed E-state index contributed by atoms with van der Waals surface area (Å²) >= 11 is 2.73. The average Bonchev–Trinajstić information content (AvgIpc) is 3.23. The number of aromatic amines is 1. The summed E-state index contributed by atoms with van der Waals surface area (Å²) in [7, 11) is 0. The lowest BCUT2D eigenvalue weighted by molar-refractivity contribution is -0.113. The molecule has 0 saturated carbocycles. The van der Waals surface area contributed by atoms with E-state index in [-0.39, 0.29) is 11.7 Å². The lowest BCUT2D eigenvalue weighted by Gasteiger charge is -2.00. The highest BCUT2D eigenvalue weighted by atomic mass is 32.2. The number of nitrogens with zero attached hydrogens (tertiary/aromatic N) is 3. The van der Waals surface area contributed by atoms with Gasteiger partial charge in [-0.15, -0.1) is 16.4 Å². The monoisotopic (exact) mass is 373 g/mol. The summed E-state index contributed by atoms with van der Waals surface area (Å²) in [4.78, 5) is 20.9. The van der Waals surface area contributed by atoms with Crippen molar-refractivity contribution in [3.8, 4) is 11.3 Å². The number of rotatable bonds is 7. The molecule has 0 aliphatic heterocycles. The van der Waals surface area contributed by atoms with Crippen molar-refractivity contribution in [3.05, 3.63) is 41.5 Å². The molecule has 2 heterocycles. The van der Waals surface area contributed by atoms with Gasteiger partial charge in [-0.1, -0.05) is 55.9 Å². The molecule has 2 N–H and O–H groups in total. The second kappa shape index (κ2) is 8.26. The molecule has 6 nitrogen and oxygen atoms in total. The van der Waals surface area contributed by atoms with E-state index in [1.807, 2.05) is 35.7 Å². The zero-order valence-corrected chi connectivity index (χ0v) is 15.7. The molecule has 0 atom stereocenters. The van der Waals surface area contributed by atoms with Crippen LogP contribution in [0.15, 0.2) is 40.9 Å². The zero-order chi connectivity index (χ0) is 17.6. The quantitative estimate of drug-likeness (QED) is 0.615. The topological polar surface area (TPSA) is 83.6 Å². The van der Waals surface area contributed by atoms with Gasteiger partial charge in [0.2, 0.25) is 11.1 Å². The van der Waals surface area contributed by atoms with E-state index in [9.17, 15) is 4.79 Å². The van der Waals surface area contributed by atoms with Crippen molar-refractivity contribution in [2.24, 2.45) is 5.92 Å². The van der Waals surface area contributed by atoms with E-state index in [0.29, 0.717) is 16.2 Å². The second-order valence-electron chi connectivity index (χ2n) is 5.90. The van der Waals surface area contributed by atoms with Gasteiger partial charge in [-0.05, 0) is 5.92 Å². The first-order valence-corrected chi connectivity index (χ1v) is 9.81. The Bertz CT molecular complexity index is 828. The number of amides is 1. The molecular formula is C17H19N5OS2. The molecule has 0 fully saturated rings. The van der Waals surface area contributed by atoms with Gasteiger partial charge in [0.05, 0.1) is 11.4 Å². The van der Waals surface area contributed by atoms with E-state index in [4.69, 9.17) is 0 Å². The number of anilines is 1. The van der Waals surface area contributed by atoms with Gasteiger partial charge in [-0.2, -0.15) is 0 Å². The van der Waals surface area contributed by atoms with Crippen LogP contribution in [0.2, 0.25) is 0 Å². The Morgan fingerprint density at radius 2 is 2.08 bits per heavy atom. The van der Waals surface area contributed by atoms with Crippen molar-refractivity contribution < 1.29 is 4.79 Å². The summed E-state index contributed by atoms with van der Waals surface area (Å²) in [6, 6.07) is 9.89. The fourth-order valence-electron chi connectivity index (χ4n) is 2.18. The molecule has 3 rings (SSSR count). The number of thiazole rings is 1. The number of hydrogen-bond acceptors (Lipinski definition) is 6. The highest BCUT2D eigenvalue weighted by Crippen LogP contribution is 2.24. The minimum atomic E-state index is -0.117. The van der Waals surface area contributed by atoms with Crippen molar-refractivity contribution in [1.82, 2.24) is 20.2 Å². The Hall–Kier alpha value is -2.19. The van der Waals surface area contributed by atoms with Crippen LogP contribution >= 0.6 is 23.1 Å². The number of H-pyrrole nitrogens is 1. The second-order valence-corrected chi connectivity index (χ2v) is 7.70. The fraction of sp³-hybridized carbons (Fsp3) is 0.294. The lowest BCUT2D eigenvalue weighted by atomic mass is 10.1. The highest BCUT2D eigenvalue weighted by Gasteiger charge is 2.11.